The fourth-order valence-electron chi connectivity index (χ4n) is 2.69. The molecule has 1 unspecified atom stereocenters. The molecule has 7 heteroatoms. The average Bonchev–Trinajstić information content (AvgIpc) is 2.65. The van der Waals surface area contributed by atoms with E-state index in [1.54, 1.807) is 17.3 Å². The summed E-state index contributed by atoms with van der Waals surface area (Å²) in [6.07, 6.45) is 4.98. The van der Waals surface area contributed by atoms with Crippen LogP contribution in [0.5, 0.6) is 6.01 Å². The zero-order valence-corrected chi connectivity index (χ0v) is 15.4. The Balaban J connectivity index is 1.45. The minimum Gasteiger partial charge on any atom is -0.458 e. The Morgan fingerprint density at radius 2 is 2.00 bits per heavy atom. The van der Waals surface area contributed by atoms with Gasteiger partial charge >= 0.3 is 6.01 Å². The Hall–Kier alpha value is -1.99. The van der Waals surface area contributed by atoms with Crippen molar-refractivity contribution in [3.63, 3.8) is 0 Å². The third-order valence-electron chi connectivity index (χ3n) is 3.94. The van der Waals surface area contributed by atoms with E-state index in [4.69, 9.17) is 9.47 Å². The molecule has 1 aromatic heterocycles. The van der Waals surface area contributed by atoms with Crippen molar-refractivity contribution in [1.29, 1.82) is 0 Å². The second kappa shape index (κ2) is 8.92. The third-order valence-corrected chi connectivity index (χ3v) is 4.35. The largest absolute Gasteiger partial charge is 0.458 e. The molecule has 1 fully saturated rings. The van der Waals surface area contributed by atoms with Gasteiger partial charge in [0.15, 0.2) is 0 Å². The number of rotatable bonds is 6. The minimum atomic E-state index is -0.0898. The van der Waals surface area contributed by atoms with Gasteiger partial charge in [0, 0.05) is 18.9 Å². The average molecular weight is 406 g/mol. The lowest BCUT2D eigenvalue weighted by Crippen LogP contribution is -2.45. The van der Waals surface area contributed by atoms with Gasteiger partial charge in [0.25, 0.3) is 0 Å². The molecular formula is C18H20BrN3O3. The lowest BCUT2D eigenvalue weighted by atomic mass is 10.1. The monoisotopic (exact) mass is 405 g/mol. The molecule has 0 saturated carbocycles. The molecule has 3 rings (SSSR count). The molecule has 2 aromatic rings. The molecule has 0 spiro atoms. The Morgan fingerprint density at radius 3 is 2.76 bits per heavy atom. The van der Waals surface area contributed by atoms with Crippen LogP contribution in [0.25, 0.3) is 0 Å². The number of likely N-dealkylation sites (tertiary alicyclic amines) is 1. The van der Waals surface area contributed by atoms with E-state index in [-0.39, 0.29) is 18.6 Å². The molecule has 6 nitrogen and oxygen atoms in total. The van der Waals surface area contributed by atoms with E-state index in [2.05, 4.69) is 25.9 Å². The Labute approximate surface area is 155 Å². The van der Waals surface area contributed by atoms with Gasteiger partial charge < -0.3 is 14.4 Å². The second-order valence-corrected chi connectivity index (χ2v) is 6.80. The number of hydrogen-bond donors (Lipinski definition) is 0. The van der Waals surface area contributed by atoms with Gasteiger partial charge in [-0.2, -0.15) is 0 Å². The summed E-state index contributed by atoms with van der Waals surface area (Å²) < 4.78 is 12.1. The van der Waals surface area contributed by atoms with Crippen LogP contribution >= 0.6 is 15.9 Å². The van der Waals surface area contributed by atoms with Crippen molar-refractivity contribution in [1.82, 2.24) is 14.9 Å². The van der Waals surface area contributed by atoms with E-state index >= 15 is 0 Å². The molecule has 0 bridgehead atoms. The first-order valence-electron chi connectivity index (χ1n) is 8.24. The van der Waals surface area contributed by atoms with Gasteiger partial charge in [0.1, 0.15) is 12.7 Å². The summed E-state index contributed by atoms with van der Waals surface area (Å²) in [5.74, 6) is -0.0130. The van der Waals surface area contributed by atoms with Crippen LogP contribution in [0.1, 0.15) is 18.4 Å². The highest BCUT2D eigenvalue weighted by Gasteiger charge is 2.25. The smallest absolute Gasteiger partial charge is 0.316 e. The maximum absolute atomic E-state index is 12.3. The first-order valence-corrected chi connectivity index (χ1v) is 9.03. The fraction of sp³-hybridized carbons (Fsp3) is 0.389. The first-order chi connectivity index (χ1) is 12.2. The van der Waals surface area contributed by atoms with E-state index < -0.39 is 0 Å². The number of carbonyl (C=O) groups excluding carboxylic acids is 1. The number of hydrogen-bond acceptors (Lipinski definition) is 5. The van der Waals surface area contributed by atoms with Crippen molar-refractivity contribution in [2.75, 3.05) is 19.7 Å². The molecule has 1 saturated heterocycles. The van der Waals surface area contributed by atoms with Crippen LogP contribution in [-0.2, 0) is 16.1 Å². The molecule has 25 heavy (non-hydrogen) atoms. The molecule has 132 valence electrons. The van der Waals surface area contributed by atoms with Gasteiger partial charge in [-0.1, -0.05) is 30.3 Å². The van der Waals surface area contributed by atoms with E-state index in [1.807, 2.05) is 30.3 Å². The predicted octanol–water partition coefficient (Wildman–Crippen LogP) is 2.83. The zero-order valence-electron chi connectivity index (χ0n) is 13.8. The standard InChI is InChI=1S/C18H20BrN3O3/c19-15-9-20-18(21-10-15)25-16-7-4-8-22(11-16)17(23)13-24-12-14-5-2-1-3-6-14/h1-3,5-6,9-10,16H,4,7-8,11-13H2. The van der Waals surface area contributed by atoms with Crippen molar-refractivity contribution >= 4 is 21.8 Å². The van der Waals surface area contributed by atoms with Crippen molar-refractivity contribution in [2.24, 2.45) is 0 Å². The number of benzene rings is 1. The highest BCUT2D eigenvalue weighted by Crippen LogP contribution is 2.16. The van der Waals surface area contributed by atoms with E-state index in [0.29, 0.717) is 19.2 Å². The molecule has 1 aliphatic heterocycles. The number of amides is 1. The van der Waals surface area contributed by atoms with E-state index in [0.717, 1.165) is 29.4 Å². The van der Waals surface area contributed by atoms with Crippen molar-refractivity contribution in [3.05, 3.63) is 52.8 Å². The number of halogens is 1. The zero-order chi connectivity index (χ0) is 17.5. The maximum Gasteiger partial charge on any atom is 0.316 e. The molecule has 2 heterocycles. The number of piperidine rings is 1. The Bertz CT molecular complexity index is 682. The van der Waals surface area contributed by atoms with Gasteiger partial charge in [-0.15, -0.1) is 0 Å². The van der Waals surface area contributed by atoms with Gasteiger partial charge in [0.05, 0.1) is 17.6 Å². The minimum absolute atomic E-state index is 0.0130. The molecular weight excluding hydrogens is 386 g/mol. The Kier molecular flexibility index (Phi) is 6.36. The van der Waals surface area contributed by atoms with Crippen molar-refractivity contribution < 1.29 is 14.3 Å². The normalized spacial score (nSPS) is 17.3. The molecule has 1 aromatic carbocycles. The van der Waals surface area contributed by atoms with Crippen LogP contribution in [0.4, 0.5) is 0 Å². The summed E-state index contributed by atoms with van der Waals surface area (Å²) in [5, 5.41) is 0. The SMILES string of the molecule is O=C(COCc1ccccc1)N1CCCC(Oc2ncc(Br)cn2)C1. The summed E-state index contributed by atoms with van der Waals surface area (Å²) in [6.45, 7) is 1.78. The molecule has 0 aliphatic carbocycles. The maximum atomic E-state index is 12.3. The van der Waals surface area contributed by atoms with E-state index in [9.17, 15) is 4.79 Å². The lowest BCUT2D eigenvalue weighted by molar-refractivity contribution is -0.139. The molecule has 0 N–H and O–H groups in total. The number of nitrogens with zero attached hydrogens (tertiary/aromatic N) is 3. The van der Waals surface area contributed by atoms with Gasteiger partial charge in [-0.05, 0) is 34.3 Å². The molecule has 1 aliphatic rings. The van der Waals surface area contributed by atoms with Crippen molar-refractivity contribution in [3.8, 4) is 6.01 Å². The van der Waals surface area contributed by atoms with Gasteiger partial charge in [0.2, 0.25) is 5.91 Å². The molecule has 1 amide bonds. The lowest BCUT2D eigenvalue weighted by Gasteiger charge is -2.32. The van der Waals surface area contributed by atoms with Crippen molar-refractivity contribution in [2.45, 2.75) is 25.6 Å². The van der Waals surface area contributed by atoms with Crippen LogP contribution in [0.2, 0.25) is 0 Å². The van der Waals surface area contributed by atoms with E-state index in [1.165, 1.54) is 0 Å². The number of carbonyl (C=O) groups is 1. The van der Waals surface area contributed by atoms with Crippen LogP contribution in [0.15, 0.2) is 47.2 Å². The summed E-state index contributed by atoms with van der Waals surface area (Å²) in [6, 6.07) is 10.2. The number of aromatic nitrogens is 2. The van der Waals surface area contributed by atoms with Crippen LogP contribution in [0.3, 0.4) is 0 Å². The van der Waals surface area contributed by atoms with Crippen LogP contribution in [-0.4, -0.2) is 46.6 Å². The highest BCUT2D eigenvalue weighted by molar-refractivity contribution is 9.10. The second-order valence-electron chi connectivity index (χ2n) is 5.88. The topological polar surface area (TPSA) is 64.5 Å². The molecule has 0 radical (unpaired) electrons. The molecule has 1 atom stereocenters. The predicted molar refractivity (Wildman–Crippen MR) is 96.1 cm³/mol. The summed E-state index contributed by atoms with van der Waals surface area (Å²) in [7, 11) is 0. The van der Waals surface area contributed by atoms with Crippen LogP contribution in [0, 0.1) is 0 Å². The summed E-state index contributed by atoms with van der Waals surface area (Å²) in [4.78, 5) is 22.4. The summed E-state index contributed by atoms with van der Waals surface area (Å²) >= 11 is 3.29. The highest BCUT2D eigenvalue weighted by atomic mass is 79.9. The Morgan fingerprint density at radius 1 is 1.24 bits per heavy atom. The first kappa shape index (κ1) is 17.8. The van der Waals surface area contributed by atoms with Gasteiger partial charge in [-0.25, -0.2) is 9.97 Å². The quantitative estimate of drug-likeness (QED) is 0.738. The van der Waals surface area contributed by atoms with Crippen LogP contribution < -0.4 is 4.74 Å². The summed E-state index contributed by atoms with van der Waals surface area (Å²) in [5.41, 5.74) is 1.06. The fourth-order valence-corrected chi connectivity index (χ4v) is 2.90. The van der Waals surface area contributed by atoms with Gasteiger partial charge in [-0.3, -0.25) is 4.79 Å². The number of ether oxygens (including phenoxy) is 2. The third kappa shape index (κ3) is 5.51.